The predicted octanol–water partition coefficient (Wildman–Crippen LogP) is 2.93. The Morgan fingerprint density at radius 1 is 1.25 bits per heavy atom. The van der Waals surface area contributed by atoms with Crippen LogP contribution in [0.2, 0.25) is 0 Å². The Hall–Kier alpha value is -2.50. The molecule has 0 fully saturated rings. The van der Waals surface area contributed by atoms with Crippen LogP contribution in [0.4, 0.5) is 10.5 Å². The number of rotatable bonds is 6. The largest absolute Gasteiger partial charge is 0.444 e. The molecular formula is C18H28N4O2. The van der Waals surface area contributed by atoms with Crippen LogP contribution < -0.4 is 16.0 Å². The number of aliphatic imine (C=N–C) groups is 1. The maximum absolute atomic E-state index is 11.7. The minimum absolute atomic E-state index is 0.450. The Morgan fingerprint density at radius 3 is 2.46 bits per heavy atom. The molecular weight excluding hydrogens is 304 g/mol. The Bertz CT molecular complexity index is 559. The Balaban J connectivity index is 2.42. The van der Waals surface area contributed by atoms with Gasteiger partial charge in [-0.25, -0.2) is 4.79 Å². The first kappa shape index (κ1) is 19.5. The SMILES string of the molecule is C=CCNC(=NC)NCCc1ccc(NC(=O)OC(C)(C)C)cc1. The maximum atomic E-state index is 11.7. The summed E-state index contributed by atoms with van der Waals surface area (Å²) in [5.74, 6) is 0.748. The maximum Gasteiger partial charge on any atom is 0.412 e. The lowest BCUT2D eigenvalue weighted by molar-refractivity contribution is 0.0636. The van der Waals surface area contributed by atoms with Crippen LogP contribution >= 0.6 is 0 Å². The first-order chi connectivity index (χ1) is 11.3. The van der Waals surface area contributed by atoms with E-state index < -0.39 is 11.7 Å². The molecule has 0 bridgehead atoms. The highest BCUT2D eigenvalue weighted by atomic mass is 16.6. The number of carbonyl (C=O) groups is 1. The third-order valence-corrected chi connectivity index (χ3v) is 2.94. The molecule has 132 valence electrons. The van der Waals surface area contributed by atoms with Gasteiger partial charge >= 0.3 is 6.09 Å². The number of carbonyl (C=O) groups excluding carboxylic acids is 1. The average Bonchev–Trinajstić information content (AvgIpc) is 2.50. The summed E-state index contributed by atoms with van der Waals surface area (Å²) >= 11 is 0. The number of hydrogen-bond donors (Lipinski definition) is 3. The van der Waals surface area contributed by atoms with Crippen molar-refractivity contribution >= 4 is 17.7 Å². The highest BCUT2D eigenvalue weighted by Gasteiger charge is 2.15. The average molecular weight is 332 g/mol. The van der Waals surface area contributed by atoms with Crippen molar-refractivity contribution in [3.8, 4) is 0 Å². The van der Waals surface area contributed by atoms with Gasteiger partial charge in [0.15, 0.2) is 5.96 Å². The molecule has 0 radical (unpaired) electrons. The smallest absolute Gasteiger partial charge is 0.412 e. The molecule has 1 aromatic rings. The topological polar surface area (TPSA) is 74.8 Å². The molecule has 3 N–H and O–H groups in total. The monoisotopic (exact) mass is 332 g/mol. The Morgan fingerprint density at radius 2 is 1.92 bits per heavy atom. The van der Waals surface area contributed by atoms with Gasteiger partial charge in [-0.05, 0) is 44.9 Å². The van der Waals surface area contributed by atoms with Gasteiger partial charge in [0, 0.05) is 25.8 Å². The normalized spacial score (nSPS) is 11.6. The fraction of sp³-hybridized carbons (Fsp3) is 0.444. The van der Waals surface area contributed by atoms with Gasteiger partial charge in [-0.2, -0.15) is 0 Å². The van der Waals surface area contributed by atoms with Gasteiger partial charge in [0.25, 0.3) is 0 Å². The lowest BCUT2D eigenvalue weighted by Crippen LogP contribution is -2.38. The minimum Gasteiger partial charge on any atom is -0.444 e. The molecule has 1 rings (SSSR count). The van der Waals surface area contributed by atoms with Crippen LogP contribution in [0.25, 0.3) is 0 Å². The van der Waals surface area contributed by atoms with Crippen LogP contribution in [-0.4, -0.2) is 37.8 Å². The minimum atomic E-state index is -0.506. The van der Waals surface area contributed by atoms with Gasteiger partial charge in [0.2, 0.25) is 0 Å². The highest BCUT2D eigenvalue weighted by molar-refractivity contribution is 5.84. The van der Waals surface area contributed by atoms with Gasteiger partial charge in [-0.15, -0.1) is 6.58 Å². The van der Waals surface area contributed by atoms with Crippen molar-refractivity contribution in [2.24, 2.45) is 4.99 Å². The van der Waals surface area contributed by atoms with E-state index in [1.54, 1.807) is 13.1 Å². The van der Waals surface area contributed by atoms with Crippen molar-refractivity contribution in [3.05, 3.63) is 42.5 Å². The fourth-order valence-corrected chi connectivity index (χ4v) is 1.89. The number of amides is 1. The van der Waals surface area contributed by atoms with Gasteiger partial charge < -0.3 is 15.4 Å². The van der Waals surface area contributed by atoms with E-state index in [0.29, 0.717) is 12.2 Å². The van der Waals surface area contributed by atoms with Crippen LogP contribution in [0, 0.1) is 0 Å². The van der Waals surface area contributed by atoms with Crippen molar-refractivity contribution in [1.82, 2.24) is 10.6 Å². The predicted molar refractivity (Wildman–Crippen MR) is 99.6 cm³/mol. The molecule has 0 unspecified atom stereocenters. The summed E-state index contributed by atoms with van der Waals surface area (Å²) in [5.41, 5.74) is 1.37. The Labute approximate surface area is 144 Å². The van der Waals surface area contributed by atoms with Crippen LogP contribution in [0.3, 0.4) is 0 Å². The third-order valence-electron chi connectivity index (χ3n) is 2.94. The summed E-state index contributed by atoms with van der Waals surface area (Å²) in [6.45, 7) is 10.6. The molecule has 0 spiro atoms. The standard InChI is InChI=1S/C18H28N4O2/c1-6-12-20-16(19-5)21-13-11-14-7-9-15(10-8-14)22-17(23)24-18(2,3)4/h6-10H,1,11-13H2,2-5H3,(H,22,23)(H2,19,20,21). The summed E-state index contributed by atoms with van der Waals surface area (Å²) in [7, 11) is 1.73. The third kappa shape index (κ3) is 8.22. The van der Waals surface area contributed by atoms with Crippen LogP contribution in [-0.2, 0) is 11.2 Å². The number of guanidine groups is 1. The molecule has 0 aliphatic carbocycles. The molecule has 0 atom stereocenters. The second-order valence-electron chi connectivity index (χ2n) is 6.24. The van der Waals surface area contributed by atoms with Crippen molar-refractivity contribution in [2.75, 3.05) is 25.5 Å². The van der Waals surface area contributed by atoms with E-state index in [0.717, 1.165) is 24.5 Å². The Kier molecular flexibility index (Phi) is 7.82. The number of hydrogen-bond acceptors (Lipinski definition) is 3. The zero-order valence-electron chi connectivity index (χ0n) is 15.0. The molecule has 6 heteroatoms. The zero-order valence-corrected chi connectivity index (χ0v) is 15.0. The fourth-order valence-electron chi connectivity index (χ4n) is 1.89. The van der Waals surface area contributed by atoms with E-state index in [-0.39, 0.29) is 0 Å². The summed E-state index contributed by atoms with van der Waals surface area (Å²) in [5, 5.41) is 9.06. The molecule has 0 aromatic heterocycles. The van der Waals surface area contributed by atoms with Crippen molar-refractivity contribution in [2.45, 2.75) is 32.8 Å². The number of nitrogens with one attached hydrogen (secondary N) is 3. The van der Waals surface area contributed by atoms with Gasteiger partial charge in [0.1, 0.15) is 5.60 Å². The highest BCUT2D eigenvalue weighted by Crippen LogP contribution is 2.13. The van der Waals surface area contributed by atoms with Crippen molar-refractivity contribution < 1.29 is 9.53 Å². The van der Waals surface area contributed by atoms with Crippen LogP contribution in [0.1, 0.15) is 26.3 Å². The molecule has 0 saturated heterocycles. The van der Waals surface area contributed by atoms with E-state index in [1.165, 1.54) is 0 Å². The molecule has 0 heterocycles. The number of anilines is 1. The molecule has 1 amide bonds. The van der Waals surface area contributed by atoms with E-state index in [9.17, 15) is 4.79 Å². The summed E-state index contributed by atoms with van der Waals surface area (Å²) in [6.07, 6.45) is 2.18. The number of benzene rings is 1. The zero-order chi connectivity index (χ0) is 18.0. The van der Waals surface area contributed by atoms with Crippen molar-refractivity contribution in [3.63, 3.8) is 0 Å². The molecule has 1 aromatic carbocycles. The van der Waals surface area contributed by atoms with Crippen molar-refractivity contribution in [1.29, 1.82) is 0 Å². The molecule has 6 nitrogen and oxygen atoms in total. The second kappa shape index (κ2) is 9.60. The van der Waals surface area contributed by atoms with E-state index >= 15 is 0 Å². The first-order valence-electron chi connectivity index (χ1n) is 7.98. The van der Waals surface area contributed by atoms with Crippen LogP contribution in [0.5, 0.6) is 0 Å². The summed E-state index contributed by atoms with van der Waals surface area (Å²) in [6, 6.07) is 7.69. The number of nitrogens with zero attached hydrogens (tertiary/aromatic N) is 1. The second-order valence-corrected chi connectivity index (χ2v) is 6.24. The lowest BCUT2D eigenvalue weighted by Gasteiger charge is -2.19. The lowest BCUT2D eigenvalue weighted by atomic mass is 10.1. The molecule has 0 aliphatic rings. The van der Waals surface area contributed by atoms with Gasteiger partial charge in [-0.3, -0.25) is 10.3 Å². The van der Waals surface area contributed by atoms with E-state index in [4.69, 9.17) is 4.74 Å². The summed E-state index contributed by atoms with van der Waals surface area (Å²) in [4.78, 5) is 15.8. The molecule has 0 aliphatic heterocycles. The van der Waals surface area contributed by atoms with Gasteiger partial charge in [-0.1, -0.05) is 18.2 Å². The van der Waals surface area contributed by atoms with Gasteiger partial charge in [0.05, 0.1) is 0 Å². The molecule has 24 heavy (non-hydrogen) atoms. The quantitative estimate of drug-likeness (QED) is 0.425. The van der Waals surface area contributed by atoms with Crippen LogP contribution in [0.15, 0.2) is 41.9 Å². The van der Waals surface area contributed by atoms with E-state index in [2.05, 4.69) is 27.5 Å². The molecule has 0 saturated carbocycles. The first-order valence-corrected chi connectivity index (χ1v) is 7.98. The van der Waals surface area contributed by atoms with E-state index in [1.807, 2.05) is 45.0 Å². The summed E-state index contributed by atoms with van der Waals surface area (Å²) < 4.78 is 5.22. The number of ether oxygens (including phenoxy) is 1.